The molecule has 0 fully saturated rings. The Morgan fingerprint density at radius 1 is 0.882 bits per heavy atom. The number of ether oxygens (including phenoxy) is 2. The molecule has 51 heavy (non-hydrogen) atoms. The fourth-order valence-electron chi connectivity index (χ4n) is 7.43. The number of hydrogen-bond donors (Lipinski definition) is 0. The molecule has 0 amide bonds. The number of methoxy groups -OCH3 is 1. The maximum Gasteiger partial charge on any atom is 0.262 e. The van der Waals surface area contributed by atoms with Gasteiger partial charge in [-0.05, 0) is 69.8 Å². The summed E-state index contributed by atoms with van der Waals surface area (Å²) in [5, 5.41) is 7.48. The van der Waals surface area contributed by atoms with Crippen LogP contribution in [0.3, 0.4) is 0 Å². The van der Waals surface area contributed by atoms with Gasteiger partial charge in [0.1, 0.15) is 16.2 Å². The number of allylic oxidation sites excluding steroid dienone is 6. The molecule has 1 aliphatic heterocycles. The van der Waals surface area contributed by atoms with Crippen molar-refractivity contribution in [3.05, 3.63) is 143 Å². The third-order valence-electron chi connectivity index (χ3n) is 9.82. The van der Waals surface area contributed by atoms with Gasteiger partial charge in [-0.25, -0.2) is 0 Å². The number of benzene rings is 5. The van der Waals surface area contributed by atoms with E-state index in [0.717, 1.165) is 42.7 Å². The number of aromatic nitrogens is 1. The van der Waals surface area contributed by atoms with Gasteiger partial charge >= 0.3 is 0 Å². The lowest BCUT2D eigenvalue weighted by Crippen LogP contribution is -2.35. The van der Waals surface area contributed by atoms with E-state index in [0.29, 0.717) is 6.61 Å². The zero-order chi connectivity index (χ0) is 35.0. The van der Waals surface area contributed by atoms with Gasteiger partial charge in [-0.3, -0.25) is 0 Å². The van der Waals surface area contributed by atoms with E-state index in [9.17, 15) is 0 Å². The maximum absolute atomic E-state index is 6.31. The van der Waals surface area contributed by atoms with Gasteiger partial charge in [-0.15, -0.1) is 0 Å². The summed E-state index contributed by atoms with van der Waals surface area (Å²) in [6.45, 7) is 6.28. The van der Waals surface area contributed by atoms with Crippen LogP contribution in [0.4, 0.5) is 5.69 Å². The minimum absolute atomic E-state index is 0.181. The Morgan fingerprint density at radius 2 is 1.67 bits per heavy atom. The molecule has 6 heteroatoms. The second-order valence-corrected chi connectivity index (χ2v) is 16.3. The molecule has 2 aliphatic rings. The molecule has 5 aromatic carbocycles. The predicted molar refractivity (Wildman–Crippen MR) is 217 cm³/mol. The van der Waals surface area contributed by atoms with Crippen LogP contribution in [0.25, 0.3) is 37.8 Å². The number of rotatable bonds is 9. The number of thiazole rings is 1. The lowest BCUT2D eigenvalue weighted by molar-refractivity contribution is -0.669. The van der Waals surface area contributed by atoms with Crippen LogP contribution in [0, 0.1) is 5.41 Å². The van der Waals surface area contributed by atoms with Crippen LogP contribution in [0.1, 0.15) is 38.1 Å². The number of anilines is 1. The molecule has 4 nitrogen and oxygen atoms in total. The van der Waals surface area contributed by atoms with Gasteiger partial charge in [0, 0.05) is 42.0 Å². The number of hydrogen-bond acceptors (Lipinski definition) is 5. The van der Waals surface area contributed by atoms with Crippen molar-refractivity contribution in [3.63, 3.8) is 0 Å². The molecule has 0 saturated carbocycles. The standard InChI is InChI=1S/C45H43N2O2S2/c1-45(2)29-31(26-32(30-45)27-43-46(3)39-22-20-34-14-6-8-17-37(34)44(39)51-43)12-9-19-42-47(38-23-21-35(48-4)28-41(38)50-42)24-11-25-49-40-18-10-15-33-13-5-7-16-36(33)40/h5-10,12-23,26-28H,11,24-25,29-30H2,1-4H3/q+1. The van der Waals surface area contributed by atoms with Gasteiger partial charge in [0.05, 0.1) is 24.4 Å². The van der Waals surface area contributed by atoms with Gasteiger partial charge in [0.25, 0.3) is 5.01 Å². The fraction of sp³-hybridized carbons (Fsp3) is 0.222. The molecule has 0 radical (unpaired) electrons. The molecule has 6 aromatic rings. The normalized spacial score (nSPS) is 17.3. The van der Waals surface area contributed by atoms with Gasteiger partial charge in [0.2, 0.25) is 5.52 Å². The summed E-state index contributed by atoms with van der Waals surface area (Å²) >= 11 is 3.70. The number of nitrogens with zero attached hydrogens (tertiary/aromatic N) is 2. The Kier molecular flexibility index (Phi) is 9.22. The SMILES string of the molecule is COc1ccc2c(c1)sc(C=CC=C1C=C(C=C3Sc4c(ccc5ccccc45)N3C)CC(C)(C)C1)[n+]2CCCOc1cccc2ccccc12. The summed E-state index contributed by atoms with van der Waals surface area (Å²) in [7, 11) is 3.92. The van der Waals surface area contributed by atoms with E-state index in [1.54, 1.807) is 18.4 Å². The quantitative estimate of drug-likeness (QED) is 0.110. The maximum atomic E-state index is 6.31. The van der Waals surface area contributed by atoms with Crippen LogP contribution in [-0.2, 0) is 6.54 Å². The molecular weight excluding hydrogens is 665 g/mol. The van der Waals surface area contributed by atoms with Crippen LogP contribution in [0.2, 0.25) is 0 Å². The second kappa shape index (κ2) is 14.1. The molecule has 0 saturated heterocycles. The number of fused-ring (bicyclic) bond motifs is 5. The Morgan fingerprint density at radius 3 is 2.51 bits per heavy atom. The van der Waals surface area contributed by atoms with Crippen molar-refractivity contribution >= 4 is 66.6 Å². The summed E-state index contributed by atoms with van der Waals surface area (Å²) < 4.78 is 15.5. The molecule has 0 unspecified atom stereocenters. The Labute approximate surface area is 309 Å². The Bertz CT molecular complexity index is 2390. The summed E-state index contributed by atoms with van der Waals surface area (Å²) in [6.07, 6.45) is 14.6. The van der Waals surface area contributed by atoms with Crippen molar-refractivity contribution < 1.29 is 14.0 Å². The van der Waals surface area contributed by atoms with E-state index in [1.807, 2.05) is 11.8 Å². The third-order valence-corrected chi connectivity index (χ3v) is 12.2. The molecule has 8 rings (SSSR count). The first-order valence-electron chi connectivity index (χ1n) is 17.7. The van der Waals surface area contributed by atoms with Crippen LogP contribution >= 0.6 is 23.1 Å². The molecular formula is C45H43N2O2S2+. The van der Waals surface area contributed by atoms with Crippen molar-refractivity contribution in [2.24, 2.45) is 5.41 Å². The monoisotopic (exact) mass is 707 g/mol. The number of aryl methyl sites for hydroxylation is 1. The van der Waals surface area contributed by atoms with Crippen LogP contribution in [-0.4, -0.2) is 20.8 Å². The molecule has 0 atom stereocenters. The number of thioether (sulfide) groups is 1. The van der Waals surface area contributed by atoms with Gasteiger partial charge in [0.15, 0.2) is 6.54 Å². The zero-order valence-corrected chi connectivity index (χ0v) is 31.3. The molecule has 2 heterocycles. The first kappa shape index (κ1) is 33.4. The lowest BCUT2D eigenvalue weighted by Gasteiger charge is -2.30. The summed E-state index contributed by atoms with van der Waals surface area (Å²) in [5.41, 5.74) is 5.43. The van der Waals surface area contributed by atoms with Crippen molar-refractivity contribution in [1.82, 2.24) is 0 Å². The van der Waals surface area contributed by atoms with Crippen molar-refractivity contribution in [2.75, 3.05) is 25.7 Å². The molecule has 1 aromatic heterocycles. The highest BCUT2D eigenvalue weighted by Gasteiger charge is 2.28. The average Bonchev–Trinajstić information content (AvgIpc) is 3.64. The average molecular weight is 708 g/mol. The molecule has 256 valence electrons. The van der Waals surface area contributed by atoms with Gasteiger partial charge in [-0.1, -0.05) is 122 Å². The minimum Gasteiger partial charge on any atom is -0.497 e. The summed E-state index contributed by atoms with van der Waals surface area (Å²) in [6, 6.07) is 34.2. The highest BCUT2D eigenvalue weighted by Crippen LogP contribution is 2.50. The molecule has 0 bridgehead atoms. The minimum atomic E-state index is 0.181. The lowest BCUT2D eigenvalue weighted by atomic mass is 9.75. The first-order valence-corrected chi connectivity index (χ1v) is 19.3. The van der Waals surface area contributed by atoms with Gasteiger partial charge in [-0.2, -0.15) is 4.57 Å². The highest BCUT2D eigenvalue weighted by molar-refractivity contribution is 8.04. The van der Waals surface area contributed by atoms with E-state index < -0.39 is 0 Å². The first-order chi connectivity index (χ1) is 24.8. The van der Waals surface area contributed by atoms with Crippen molar-refractivity contribution in [3.8, 4) is 11.5 Å². The zero-order valence-electron chi connectivity index (χ0n) is 29.7. The largest absolute Gasteiger partial charge is 0.497 e. The predicted octanol–water partition coefficient (Wildman–Crippen LogP) is 11.7. The second-order valence-electron chi connectivity index (χ2n) is 14.2. The third kappa shape index (κ3) is 6.95. The topological polar surface area (TPSA) is 25.6 Å². The van der Waals surface area contributed by atoms with E-state index in [2.05, 4.69) is 158 Å². The molecule has 1 aliphatic carbocycles. The Balaban J connectivity index is 1.03. The van der Waals surface area contributed by atoms with Crippen molar-refractivity contribution in [2.45, 2.75) is 44.6 Å². The Hall–Kier alpha value is -4.78. The van der Waals surface area contributed by atoms with E-state index >= 15 is 0 Å². The fourth-order valence-corrected chi connectivity index (χ4v) is 9.82. The van der Waals surface area contributed by atoms with Crippen LogP contribution in [0.15, 0.2) is 142 Å². The van der Waals surface area contributed by atoms with E-state index in [1.165, 1.54) is 58.1 Å². The summed E-state index contributed by atoms with van der Waals surface area (Å²) in [5.74, 6) is 1.82. The molecule has 0 N–H and O–H groups in total. The molecule has 0 spiro atoms. The van der Waals surface area contributed by atoms with Crippen LogP contribution in [0.5, 0.6) is 11.5 Å². The smallest absolute Gasteiger partial charge is 0.262 e. The van der Waals surface area contributed by atoms with Crippen molar-refractivity contribution in [1.29, 1.82) is 0 Å². The highest BCUT2D eigenvalue weighted by atomic mass is 32.2. The van der Waals surface area contributed by atoms with Gasteiger partial charge < -0.3 is 14.4 Å². The van der Waals surface area contributed by atoms with E-state index in [4.69, 9.17) is 9.47 Å². The summed E-state index contributed by atoms with van der Waals surface area (Å²) in [4.78, 5) is 3.70. The van der Waals surface area contributed by atoms with E-state index in [-0.39, 0.29) is 5.41 Å². The van der Waals surface area contributed by atoms with Crippen LogP contribution < -0.4 is 18.9 Å².